The zero-order valence-electron chi connectivity index (χ0n) is 14.0. The molecule has 1 aliphatic rings. The summed E-state index contributed by atoms with van der Waals surface area (Å²) in [6.07, 6.45) is 3.94. The molecule has 1 aliphatic heterocycles. The largest absolute Gasteiger partial charge is 0.341 e. The van der Waals surface area contributed by atoms with Gasteiger partial charge in [0.15, 0.2) is 0 Å². The molecule has 1 aromatic rings. The first-order valence-electron chi connectivity index (χ1n) is 8.47. The van der Waals surface area contributed by atoms with Crippen LogP contribution in [0.15, 0.2) is 30.3 Å². The Morgan fingerprint density at radius 2 is 1.74 bits per heavy atom. The van der Waals surface area contributed by atoms with Crippen LogP contribution in [0.1, 0.15) is 39.5 Å². The number of benzene rings is 1. The minimum atomic E-state index is -0.461. The third-order valence-corrected chi connectivity index (χ3v) is 4.01. The van der Waals surface area contributed by atoms with Crippen LogP contribution in [0.25, 0.3) is 0 Å². The fourth-order valence-electron chi connectivity index (χ4n) is 2.87. The average molecular weight is 317 g/mol. The first-order valence-corrected chi connectivity index (χ1v) is 8.47. The van der Waals surface area contributed by atoms with Gasteiger partial charge in [-0.15, -0.1) is 0 Å². The summed E-state index contributed by atoms with van der Waals surface area (Å²) >= 11 is 0. The van der Waals surface area contributed by atoms with E-state index in [9.17, 15) is 9.59 Å². The number of carbonyl (C=O) groups excluding carboxylic acids is 2. The van der Waals surface area contributed by atoms with Crippen molar-refractivity contribution < 1.29 is 9.59 Å². The standard InChI is InChI=1S/C18H27N3O2/c1-14(2)13-16(17(22)21-11-7-4-8-12-21)20-18(23)19-15-9-5-3-6-10-15/h3,5-6,9-10,14,16H,4,7-8,11-13H2,1-2H3,(H2,19,20,23)/t16-/m0/s1. The maximum absolute atomic E-state index is 12.7. The minimum absolute atomic E-state index is 0.0432. The monoisotopic (exact) mass is 317 g/mol. The average Bonchev–Trinajstić information content (AvgIpc) is 2.55. The zero-order valence-corrected chi connectivity index (χ0v) is 14.0. The first kappa shape index (κ1) is 17.3. The third-order valence-electron chi connectivity index (χ3n) is 4.01. The number of anilines is 1. The lowest BCUT2D eigenvalue weighted by Crippen LogP contribution is -2.51. The molecule has 23 heavy (non-hydrogen) atoms. The Kier molecular flexibility index (Phi) is 6.44. The molecule has 126 valence electrons. The molecule has 0 aliphatic carbocycles. The van der Waals surface area contributed by atoms with Gasteiger partial charge in [0, 0.05) is 18.8 Å². The van der Waals surface area contributed by atoms with Gasteiger partial charge in [0.2, 0.25) is 5.91 Å². The SMILES string of the molecule is CC(C)C[C@H](NC(=O)Nc1ccccc1)C(=O)N1CCCCC1. The van der Waals surface area contributed by atoms with Gasteiger partial charge in [-0.1, -0.05) is 32.0 Å². The van der Waals surface area contributed by atoms with Gasteiger partial charge in [-0.2, -0.15) is 0 Å². The molecule has 2 N–H and O–H groups in total. The number of para-hydroxylation sites is 1. The van der Waals surface area contributed by atoms with Gasteiger partial charge in [-0.25, -0.2) is 4.79 Å². The second kappa shape index (κ2) is 8.56. The zero-order chi connectivity index (χ0) is 16.7. The van der Waals surface area contributed by atoms with Crippen LogP contribution >= 0.6 is 0 Å². The van der Waals surface area contributed by atoms with Gasteiger partial charge in [0.25, 0.3) is 0 Å². The second-order valence-electron chi connectivity index (χ2n) is 6.53. The van der Waals surface area contributed by atoms with Crippen molar-refractivity contribution in [1.29, 1.82) is 0 Å². The molecule has 5 nitrogen and oxygen atoms in total. The number of hydrogen-bond acceptors (Lipinski definition) is 2. The summed E-state index contributed by atoms with van der Waals surface area (Å²) in [6.45, 7) is 5.73. The summed E-state index contributed by atoms with van der Waals surface area (Å²) in [7, 11) is 0. The van der Waals surface area contributed by atoms with E-state index in [4.69, 9.17) is 0 Å². The molecule has 0 bridgehead atoms. The van der Waals surface area contributed by atoms with Crippen molar-refractivity contribution in [3.8, 4) is 0 Å². The Labute approximate surface area is 138 Å². The predicted octanol–water partition coefficient (Wildman–Crippen LogP) is 3.24. The lowest BCUT2D eigenvalue weighted by molar-refractivity contribution is -0.134. The topological polar surface area (TPSA) is 61.4 Å². The summed E-state index contributed by atoms with van der Waals surface area (Å²) in [6, 6.07) is 8.47. The molecule has 1 aromatic carbocycles. The number of piperidine rings is 1. The molecule has 1 fully saturated rings. The van der Waals surface area contributed by atoms with E-state index >= 15 is 0 Å². The molecule has 1 atom stereocenters. The maximum atomic E-state index is 12.7. The van der Waals surface area contributed by atoms with Gasteiger partial charge in [-0.3, -0.25) is 4.79 Å². The summed E-state index contributed by atoms with van der Waals surface area (Å²) < 4.78 is 0. The maximum Gasteiger partial charge on any atom is 0.319 e. The van der Waals surface area contributed by atoms with Gasteiger partial charge in [-0.05, 0) is 43.7 Å². The second-order valence-corrected chi connectivity index (χ2v) is 6.53. The fourth-order valence-corrected chi connectivity index (χ4v) is 2.87. The van der Waals surface area contributed by atoms with Crippen LogP contribution in [-0.2, 0) is 4.79 Å². The smallest absolute Gasteiger partial charge is 0.319 e. The summed E-state index contributed by atoms with van der Waals surface area (Å²) in [5.74, 6) is 0.382. The first-order chi connectivity index (χ1) is 11.1. The highest BCUT2D eigenvalue weighted by atomic mass is 16.2. The highest BCUT2D eigenvalue weighted by Gasteiger charge is 2.27. The van der Waals surface area contributed by atoms with Gasteiger partial charge in [0.05, 0.1) is 0 Å². The Bertz CT molecular complexity index is 510. The molecule has 3 amide bonds. The lowest BCUT2D eigenvalue weighted by atomic mass is 10.0. The van der Waals surface area contributed by atoms with Crippen LogP contribution < -0.4 is 10.6 Å². The van der Waals surface area contributed by atoms with Crippen molar-refractivity contribution in [3.63, 3.8) is 0 Å². The van der Waals surface area contributed by atoms with Crippen molar-refractivity contribution in [1.82, 2.24) is 10.2 Å². The quantitative estimate of drug-likeness (QED) is 0.876. The van der Waals surface area contributed by atoms with Gasteiger partial charge < -0.3 is 15.5 Å². The van der Waals surface area contributed by atoms with E-state index in [-0.39, 0.29) is 11.9 Å². The molecule has 2 rings (SSSR count). The molecule has 5 heteroatoms. The molecular formula is C18H27N3O2. The summed E-state index contributed by atoms with van der Waals surface area (Å²) in [4.78, 5) is 26.8. The van der Waals surface area contributed by atoms with E-state index in [2.05, 4.69) is 24.5 Å². The van der Waals surface area contributed by atoms with E-state index in [0.29, 0.717) is 12.3 Å². The Morgan fingerprint density at radius 1 is 1.09 bits per heavy atom. The van der Waals surface area contributed by atoms with Crippen LogP contribution in [0.5, 0.6) is 0 Å². The number of likely N-dealkylation sites (tertiary alicyclic amines) is 1. The van der Waals surface area contributed by atoms with E-state index in [1.165, 1.54) is 6.42 Å². The molecule has 0 radical (unpaired) electrons. The molecule has 1 saturated heterocycles. The van der Waals surface area contributed by atoms with Crippen molar-refractivity contribution in [2.24, 2.45) is 5.92 Å². The molecule has 0 unspecified atom stereocenters. The van der Waals surface area contributed by atoms with E-state index < -0.39 is 6.04 Å². The number of hydrogen-bond donors (Lipinski definition) is 2. The highest BCUT2D eigenvalue weighted by Crippen LogP contribution is 2.14. The summed E-state index contributed by atoms with van der Waals surface area (Å²) in [5, 5.41) is 5.64. The number of rotatable bonds is 5. The van der Waals surface area contributed by atoms with Crippen molar-refractivity contribution in [3.05, 3.63) is 30.3 Å². The van der Waals surface area contributed by atoms with Crippen molar-refractivity contribution in [2.45, 2.75) is 45.6 Å². The number of urea groups is 1. The van der Waals surface area contributed by atoms with Crippen LogP contribution in [-0.4, -0.2) is 36.0 Å². The normalized spacial score (nSPS) is 16.0. The molecular weight excluding hydrogens is 290 g/mol. The van der Waals surface area contributed by atoms with E-state index in [1.807, 2.05) is 35.2 Å². The lowest BCUT2D eigenvalue weighted by Gasteiger charge is -2.31. The Hall–Kier alpha value is -2.04. The van der Waals surface area contributed by atoms with Gasteiger partial charge in [0.1, 0.15) is 6.04 Å². The van der Waals surface area contributed by atoms with Crippen molar-refractivity contribution in [2.75, 3.05) is 18.4 Å². The highest BCUT2D eigenvalue weighted by molar-refractivity contribution is 5.93. The third kappa shape index (κ3) is 5.58. The van der Waals surface area contributed by atoms with Crippen LogP contribution in [0.3, 0.4) is 0 Å². The number of carbonyl (C=O) groups is 2. The molecule has 0 spiro atoms. The van der Waals surface area contributed by atoms with E-state index in [0.717, 1.165) is 31.6 Å². The predicted molar refractivity (Wildman–Crippen MR) is 92.3 cm³/mol. The minimum Gasteiger partial charge on any atom is -0.341 e. The van der Waals surface area contributed by atoms with Crippen molar-refractivity contribution >= 4 is 17.6 Å². The van der Waals surface area contributed by atoms with Crippen LogP contribution in [0.4, 0.5) is 10.5 Å². The van der Waals surface area contributed by atoms with Crippen LogP contribution in [0, 0.1) is 5.92 Å². The molecule has 0 saturated carbocycles. The molecule has 0 aromatic heterocycles. The number of amides is 3. The fraction of sp³-hybridized carbons (Fsp3) is 0.556. The Morgan fingerprint density at radius 3 is 2.35 bits per heavy atom. The number of nitrogens with zero attached hydrogens (tertiary/aromatic N) is 1. The van der Waals surface area contributed by atoms with Gasteiger partial charge >= 0.3 is 6.03 Å². The number of nitrogens with one attached hydrogen (secondary N) is 2. The van der Waals surface area contributed by atoms with E-state index in [1.54, 1.807) is 0 Å². The Balaban J connectivity index is 1.96. The molecule has 1 heterocycles. The summed E-state index contributed by atoms with van der Waals surface area (Å²) in [5.41, 5.74) is 0.721. The van der Waals surface area contributed by atoms with Crippen LogP contribution in [0.2, 0.25) is 0 Å².